The Morgan fingerprint density at radius 3 is 2.67 bits per heavy atom. The highest BCUT2D eigenvalue weighted by Crippen LogP contribution is 2.00. The molecule has 1 heterocycles. The number of rotatable bonds is 0. The van der Waals surface area contributed by atoms with Gasteiger partial charge in [-0.3, -0.25) is 9.59 Å². The molecule has 0 spiro atoms. The van der Waals surface area contributed by atoms with Gasteiger partial charge in [0.05, 0.1) is 12.8 Å². The summed E-state index contributed by atoms with van der Waals surface area (Å²) in [5.41, 5.74) is 0. The van der Waals surface area contributed by atoms with Gasteiger partial charge in [0.15, 0.2) is 0 Å². The van der Waals surface area contributed by atoms with Gasteiger partial charge in [0.2, 0.25) is 5.91 Å². The minimum Gasteiger partial charge on any atom is -0.373 e. The number of amides is 1. The Labute approximate surface area is 51.9 Å². The Kier molecular flexibility index (Phi) is 1.48. The highest BCUT2D eigenvalue weighted by atomic mass is 16.3. The van der Waals surface area contributed by atoms with E-state index >= 15 is 0 Å². The van der Waals surface area contributed by atoms with E-state index in [0.29, 0.717) is 0 Å². The predicted octanol–water partition coefficient (Wildman–Crippen LogP) is -1.22. The first-order valence-corrected chi connectivity index (χ1v) is 2.67. The molecule has 0 aliphatic carbocycles. The molecule has 0 saturated carbocycles. The van der Waals surface area contributed by atoms with Gasteiger partial charge < -0.3 is 10.4 Å². The number of Topliss-reactive ketones (excluding diaryl/α,β-unsaturated/α-hetero) is 1. The highest BCUT2D eigenvalue weighted by Gasteiger charge is 2.21. The summed E-state index contributed by atoms with van der Waals surface area (Å²) >= 11 is 0. The van der Waals surface area contributed by atoms with Crippen molar-refractivity contribution in [2.24, 2.45) is 0 Å². The van der Waals surface area contributed by atoms with E-state index in [1.165, 1.54) is 0 Å². The van der Waals surface area contributed by atoms with Gasteiger partial charge in [-0.25, -0.2) is 0 Å². The third-order valence-corrected chi connectivity index (χ3v) is 1.11. The van der Waals surface area contributed by atoms with Crippen LogP contribution in [0.15, 0.2) is 0 Å². The zero-order valence-electron chi connectivity index (χ0n) is 4.76. The van der Waals surface area contributed by atoms with Crippen LogP contribution in [0.5, 0.6) is 0 Å². The summed E-state index contributed by atoms with van der Waals surface area (Å²) in [7, 11) is 0. The molecule has 1 rings (SSSR count). The Balaban J connectivity index is 2.53. The van der Waals surface area contributed by atoms with E-state index < -0.39 is 12.1 Å². The number of hydrogen-bond donors (Lipinski definition) is 2. The molecule has 4 heteroatoms. The van der Waals surface area contributed by atoms with Gasteiger partial charge in [-0.15, -0.1) is 0 Å². The second kappa shape index (κ2) is 2.14. The van der Waals surface area contributed by atoms with Crippen molar-refractivity contribution in [3.63, 3.8) is 0 Å². The number of carbonyl (C=O) groups excluding carboxylic acids is 2. The highest BCUT2D eigenvalue weighted by molar-refractivity contribution is 6.00. The Morgan fingerprint density at radius 2 is 2.22 bits per heavy atom. The molecule has 1 unspecified atom stereocenters. The number of hydrogen-bond acceptors (Lipinski definition) is 3. The van der Waals surface area contributed by atoms with Gasteiger partial charge in [0, 0.05) is 0 Å². The lowest BCUT2D eigenvalue weighted by Gasteiger charge is -2.16. The Hall–Kier alpha value is -0.900. The van der Waals surface area contributed by atoms with E-state index in [2.05, 4.69) is 5.32 Å². The molecule has 1 amide bonds. The van der Waals surface area contributed by atoms with E-state index in [9.17, 15) is 9.59 Å². The normalized spacial score (nSPS) is 27.9. The summed E-state index contributed by atoms with van der Waals surface area (Å²) in [6.07, 6.45) is -0.998. The molecule has 2 N–H and O–H groups in total. The maximum absolute atomic E-state index is 10.5. The van der Waals surface area contributed by atoms with E-state index in [-0.39, 0.29) is 18.6 Å². The molecule has 0 aromatic rings. The van der Waals surface area contributed by atoms with Crippen molar-refractivity contribution in [2.45, 2.75) is 19.1 Å². The van der Waals surface area contributed by atoms with Crippen molar-refractivity contribution in [3.8, 4) is 0 Å². The van der Waals surface area contributed by atoms with Gasteiger partial charge in [-0.2, -0.15) is 0 Å². The van der Waals surface area contributed by atoms with Crippen LogP contribution < -0.4 is 5.32 Å². The monoisotopic (exact) mass is 129 g/mol. The summed E-state index contributed by atoms with van der Waals surface area (Å²) in [6.45, 7) is 0. The molecule has 50 valence electrons. The van der Waals surface area contributed by atoms with E-state index in [0.717, 1.165) is 0 Å². The van der Waals surface area contributed by atoms with E-state index in [1.54, 1.807) is 0 Å². The summed E-state index contributed by atoms with van der Waals surface area (Å²) < 4.78 is 0. The third kappa shape index (κ3) is 1.50. The molecule has 1 aliphatic heterocycles. The first kappa shape index (κ1) is 6.22. The zero-order valence-corrected chi connectivity index (χ0v) is 4.76. The molecule has 9 heavy (non-hydrogen) atoms. The molecular weight excluding hydrogens is 122 g/mol. The maximum Gasteiger partial charge on any atom is 0.229 e. The van der Waals surface area contributed by atoms with Crippen molar-refractivity contribution in [1.82, 2.24) is 5.32 Å². The van der Waals surface area contributed by atoms with Crippen LogP contribution in [0.3, 0.4) is 0 Å². The first-order valence-electron chi connectivity index (χ1n) is 2.67. The Bertz CT molecular complexity index is 138. The van der Waals surface area contributed by atoms with Gasteiger partial charge >= 0.3 is 0 Å². The molecule has 0 radical (unpaired) electrons. The largest absolute Gasteiger partial charge is 0.373 e. The number of carbonyl (C=O) groups is 2. The van der Waals surface area contributed by atoms with Crippen LogP contribution in [0.25, 0.3) is 0 Å². The predicted molar refractivity (Wildman–Crippen MR) is 28.4 cm³/mol. The lowest BCUT2D eigenvalue weighted by atomic mass is 10.1. The van der Waals surface area contributed by atoms with Crippen LogP contribution in [-0.4, -0.2) is 23.0 Å². The summed E-state index contributed by atoms with van der Waals surface area (Å²) in [5.74, 6) is -0.593. The minimum atomic E-state index is -0.959. The van der Waals surface area contributed by atoms with Gasteiger partial charge in [-0.1, -0.05) is 0 Å². The second-order valence-corrected chi connectivity index (χ2v) is 2.00. The van der Waals surface area contributed by atoms with E-state index in [4.69, 9.17) is 5.11 Å². The number of aliphatic hydroxyl groups is 1. The molecule has 0 bridgehead atoms. The average molecular weight is 129 g/mol. The Morgan fingerprint density at radius 1 is 1.56 bits per heavy atom. The molecule has 0 aromatic heterocycles. The fourth-order valence-electron chi connectivity index (χ4n) is 0.755. The third-order valence-electron chi connectivity index (χ3n) is 1.11. The van der Waals surface area contributed by atoms with Gasteiger partial charge in [0.1, 0.15) is 12.0 Å². The van der Waals surface area contributed by atoms with Crippen LogP contribution in [-0.2, 0) is 9.59 Å². The number of piperidine rings is 1. The molecular formula is C5H7NO3. The molecule has 1 aliphatic rings. The van der Waals surface area contributed by atoms with Crippen molar-refractivity contribution < 1.29 is 14.7 Å². The molecule has 1 fully saturated rings. The molecule has 4 nitrogen and oxygen atoms in total. The van der Waals surface area contributed by atoms with Gasteiger partial charge in [0.25, 0.3) is 0 Å². The topological polar surface area (TPSA) is 66.4 Å². The quantitative estimate of drug-likeness (QED) is 0.403. The van der Waals surface area contributed by atoms with Crippen molar-refractivity contribution >= 4 is 11.7 Å². The molecule has 1 saturated heterocycles. The van der Waals surface area contributed by atoms with Crippen LogP contribution in [0.2, 0.25) is 0 Å². The average Bonchev–Trinajstić information content (AvgIpc) is 1.59. The number of ketones is 1. The fourth-order valence-corrected chi connectivity index (χ4v) is 0.755. The van der Waals surface area contributed by atoms with Crippen molar-refractivity contribution in [2.75, 3.05) is 0 Å². The summed E-state index contributed by atoms with van der Waals surface area (Å²) in [5, 5.41) is 10.9. The van der Waals surface area contributed by atoms with Crippen LogP contribution in [0.4, 0.5) is 0 Å². The lowest BCUT2D eigenvalue weighted by molar-refractivity contribution is -0.135. The number of nitrogens with one attached hydrogen (secondary N) is 1. The van der Waals surface area contributed by atoms with Crippen LogP contribution >= 0.6 is 0 Å². The molecule has 1 atom stereocenters. The van der Waals surface area contributed by atoms with Crippen molar-refractivity contribution in [1.29, 1.82) is 0 Å². The lowest BCUT2D eigenvalue weighted by Crippen LogP contribution is -2.42. The van der Waals surface area contributed by atoms with Crippen molar-refractivity contribution in [3.05, 3.63) is 0 Å². The summed E-state index contributed by atoms with van der Waals surface area (Å²) in [4.78, 5) is 20.9. The second-order valence-electron chi connectivity index (χ2n) is 2.00. The van der Waals surface area contributed by atoms with Crippen LogP contribution in [0, 0.1) is 0 Å². The van der Waals surface area contributed by atoms with E-state index in [1.807, 2.05) is 0 Å². The number of aliphatic hydroxyl groups excluding tert-OH is 1. The maximum atomic E-state index is 10.5. The molecule has 0 aromatic carbocycles. The van der Waals surface area contributed by atoms with Gasteiger partial charge in [-0.05, 0) is 0 Å². The van der Waals surface area contributed by atoms with Crippen LogP contribution in [0.1, 0.15) is 12.8 Å². The summed E-state index contributed by atoms with van der Waals surface area (Å²) in [6, 6.07) is 0. The fraction of sp³-hybridized carbons (Fsp3) is 0.600. The zero-order chi connectivity index (χ0) is 6.85. The first-order chi connectivity index (χ1) is 4.18. The smallest absolute Gasteiger partial charge is 0.229 e. The standard InChI is InChI=1S/C5H7NO3/c7-3-1-4(8)6-5(9)2-3/h4,8H,1-2H2,(H,6,9). The SMILES string of the molecule is O=C1CC(=O)NC(O)C1. The minimum absolute atomic E-state index is 0.0474.